The van der Waals surface area contributed by atoms with Crippen molar-refractivity contribution < 1.29 is 80.2 Å². The lowest BCUT2D eigenvalue weighted by Crippen LogP contribution is -2.30. The van der Waals surface area contributed by atoms with Crippen molar-refractivity contribution in [1.82, 2.24) is 0 Å². The third kappa shape index (κ3) is 61.0. The molecule has 90 heavy (non-hydrogen) atoms. The molecule has 0 radical (unpaired) electrons. The highest BCUT2D eigenvalue weighted by molar-refractivity contribution is 7.47. The topological polar surface area (TPSA) is 237 Å². The summed E-state index contributed by atoms with van der Waals surface area (Å²) in [5.74, 6) is 0.169. The van der Waals surface area contributed by atoms with Crippen molar-refractivity contribution in [1.29, 1.82) is 0 Å². The summed E-state index contributed by atoms with van der Waals surface area (Å²) < 4.78 is 68.3. The number of aliphatic hydroxyl groups excluding tert-OH is 1. The van der Waals surface area contributed by atoms with Crippen molar-refractivity contribution in [3.63, 3.8) is 0 Å². The van der Waals surface area contributed by atoms with Crippen LogP contribution in [0.5, 0.6) is 0 Å². The fourth-order valence-electron chi connectivity index (χ4n) is 10.6. The lowest BCUT2D eigenvalue weighted by molar-refractivity contribution is -0.161. The van der Waals surface area contributed by atoms with Gasteiger partial charge < -0.3 is 33.8 Å². The van der Waals surface area contributed by atoms with Gasteiger partial charge in [0.15, 0.2) is 12.2 Å². The predicted molar refractivity (Wildman–Crippen MR) is 363 cm³/mol. The second-order valence-corrected chi connectivity index (χ2v) is 29.3. The molecule has 0 bridgehead atoms. The predicted octanol–water partition coefficient (Wildman–Crippen LogP) is 20.2. The molecule has 3 N–H and O–H groups in total. The highest BCUT2D eigenvalue weighted by Gasteiger charge is 2.30. The van der Waals surface area contributed by atoms with E-state index in [4.69, 9.17) is 37.0 Å². The van der Waals surface area contributed by atoms with E-state index in [1.807, 2.05) is 0 Å². The van der Waals surface area contributed by atoms with E-state index < -0.39 is 97.5 Å². The quantitative estimate of drug-likeness (QED) is 0.0222. The maximum atomic E-state index is 13.0. The molecule has 0 fully saturated rings. The maximum absolute atomic E-state index is 13.0. The summed E-state index contributed by atoms with van der Waals surface area (Å²) in [4.78, 5) is 72.5. The Bertz CT molecular complexity index is 1770. The molecule has 5 unspecified atom stereocenters. The first-order valence-electron chi connectivity index (χ1n) is 37.0. The Balaban J connectivity index is 5.23. The molecular weight excluding hydrogens is 1190 g/mol. The Labute approximate surface area is 549 Å². The SMILES string of the molecule is CCCCCCCCCCCCCCC(=O)OC[C@H](COP(=O)(O)OC[C@@H](O)COP(=O)(O)OC[C@@H](COC(=O)CCCCCCCCC(C)CC)OC(=O)CCCCCCCCC(C)CC)OC(=O)CCCCCCCCCCCCCCCCC(C)CC. The van der Waals surface area contributed by atoms with Crippen LogP contribution in [0.4, 0.5) is 0 Å². The van der Waals surface area contributed by atoms with E-state index in [0.717, 1.165) is 114 Å². The molecule has 19 heteroatoms. The molecule has 0 spiro atoms. The monoisotopic (exact) mass is 1320 g/mol. The molecule has 534 valence electrons. The molecular formula is C71H138O17P2. The largest absolute Gasteiger partial charge is 0.472 e. The molecule has 0 saturated carbocycles. The third-order valence-corrected chi connectivity index (χ3v) is 19.4. The van der Waals surface area contributed by atoms with E-state index in [2.05, 4.69) is 48.5 Å². The van der Waals surface area contributed by atoms with Crippen LogP contribution in [0.15, 0.2) is 0 Å². The average Bonchev–Trinajstić information content (AvgIpc) is 3.74. The van der Waals surface area contributed by atoms with Crippen molar-refractivity contribution in [2.45, 2.75) is 375 Å². The Morgan fingerprint density at radius 3 is 0.789 bits per heavy atom. The maximum Gasteiger partial charge on any atom is 0.472 e. The van der Waals surface area contributed by atoms with Crippen molar-refractivity contribution in [3.05, 3.63) is 0 Å². The number of carbonyl (C=O) groups excluding carboxylic acids is 4. The van der Waals surface area contributed by atoms with E-state index in [1.165, 1.54) is 161 Å². The van der Waals surface area contributed by atoms with Crippen molar-refractivity contribution in [2.24, 2.45) is 17.8 Å². The summed E-state index contributed by atoms with van der Waals surface area (Å²) in [5.41, 5.74) is 0. The van der Waals surface area contributed by atoms with Gasteiger partial charge in [0.25, 0.3) is 0 Å². The van der Waals surface area contributed by atoms with Gasteiger partial charge in [0, 0.05) is 25.7 Å². The highest BCUT2D eigenvalue weighted by atomic mass is 31.2. The Hall–Kier alpha value is -1.94. The lowest BCUT2D eigenvalue weighted by Gasteiger charge is -2.21. The van der Waals surface area contributed by atoms with Crippen LogP contribution >= 0.6 is 15.6 Å². The number of aliphatic hydroxyl groups is 1. The zero-order valence-corrected chi connectivity index (χ0v) is 60.4. The number of carbonyl (C=O) groups is 4. The van der Waals surface area contributed by atoms with Crippen LogP contribution < -0.4 is 0 Å². The summed E-state index contributed by atoms with van der Waals surface area (Å²) in [6, 6.07) is 0. The summed E-state index contributed by atoms with van der Waals surface area (Å²) in [6.45, 7) is 11.8. The molecule has 0 aliphatic rings. The van der Waals surface area contributed by atoms with Gasteiger partial charge in [-0.15, -0.1) is 0 Å². The number of rotatable bonds is 69. The van der Waals surface area contributed by atoms with Crippen LogP contribution in [0.1, 0.15) is 357 Å². The molecule has 0 heterocycles. The summed E-state index contributed by atoms with van der Waals surface area (Å²) >= 11 is 0. The van der Waals surface area contributed by atoms with Crippen molar-refractivity contribution in [3.8, 4) is 0 Å². The smallest absolute Gasteiger partial charge is 0.462 e. The Morgan fingerprint density at radius 1 is 0.311 bits per heavy atom. The average molecular weight is 1330 g/mol. The van der Waals surface area contributed by atoms with E-state index >= 15 is 0 Å². The van der Waals surface area contributed by atoms with Gasteiger partial charge >= 0.3 is 39.5 Å². The van der Waals surface area contributed by atoms with Crippen LogP contribution in [-0.2, 0) is 65.4 Å². The molecule has 0 aromatic carbocycles. The second-order valence-electron chi connectivity index (χ2n) is 26.4. The first-order valence-corrected chi connectivity index (χ1v) is 40.0. The summed E-state index contributed by atoms with van der Waals surface area (Å²) in [6.07, 6.45) is 45.8. The van der Waals surface area contributed by atoms with Gasteiger partial charge in [-0.05, 0) is 43.4 Å². The number of ether oxygens (including phenoxy) is 4. The van der Waals surface area contributed by atoms with Gasteiger partial charge in [-0.2, -0.15) is 0 Å². The van der Waals surface area contributed by atoms with E-state index in [9.17, 15) is 43.2 Å². The molecule has 8 atom stereocenters. The van der Waals surface area contributed by atoms with E-state index in [1.54, 1.807) is 0 Å². The second kappa shape index (κ2) is 61.9. The zero-order chi connectivity index (χ0) is 66.6. The number of esters is 4. The van der Waals surface area contributed by atoms with Crippen LogP contribution in [0.2, 0.25) is 0 Å². The lowest BCUT2D eigenvalue weighted by atomic mass is 9.99. The van der Waals surface area contributed by atoms with Crippen LogP contribution in [0, 0.1) is 17.8 Å². The number of phosphoric acid groups is 2. The number of hydrogen-bond donors (Lipinski definition) is 3. The van der Waals surface area contributed by atoms with Crippen LogP contribution in [0.25, 0.3) is 0 Å². The molecule has 0 saturated heterocycles. The van der Waals surface area contributed by atoms with Crippen molar-refractivity contribution >= 4 is 39.5 Å². The molecule has 0 aliphatic heterocycles. The minimum Gasteiger partial charge on any atom is -0.462 e. The molecule has 0 aromatic heterocycles. The minimum absolute atomic E-state index is 0.102. The van der Waals surface area contributed by atoms with Crippen LogP contribution in [-0.4, -0.2) is 96.7 Å². The normalized spacial score (nSPS) is 15.1. The minimum atomic E-state index is -4.95. The first kappa shape index (κ1) is 88.1. The highest BCUT2D eigenvalue weighted by Crippen LogP contribution is 2.45. The van der Waals surface area contributed by atoms with Gasteiger partial charge in [0.2, 0.25) is 0 Å². The molecule has 0 rings (SSSR count). The van der Waals surface area contributed by atoms with Gasteiger partial charge in [0.1, 0.15) is 19.3 Å². The Kier molecular flexibility index (Phi) is 60.6. The molecule has 17 nitrogen and oxygen atoms in total. The van der Waals surface area contributed by atoms with Gasteiger partial charge in [0.05, 0.1) is 26.4 Å². The third-order valence-electron chi connectivity index (χ3n) is 17.5. The number of unbranched alkanes of at least 4 members (excludes halogenated alkanes) is 34. The van der Waals surface area contributed by atoms with Crippen molar-refractivity contribution in [2.75, 3.05) is 39.6 Å². The van der Waals surface area contributed by atoms with E-state index in [0.29, 0.717) is 25.7 Å². The molecule has 0 aromatic rings. The fourth-order valence-corrected chi connectivity index (χ4v) is 12.2. The molecule has 0 amide bonds. The van der Waals surface area contributed by atoms with Gasteiger partial charge in [-0.3, -0.25) is 37.3 Å². The standard InChI is InChI=1S/C71H138O17P2/c1-8-12-13-14-15-16-17-23-26-29-38-45-52-68(73)81-58-66(87-70(75)54-47-40-30-27-24-21-19-18-20-22-25-28-35-42-49-62(5)9-2)60-85-89(77,78)83-56-65(72)57-84-90(79,80)86-61-67(88-71(76)55-48-41-34-32-37-44-51-64(7)11-4)59-82-69(74)53-46-39-33-31-36-43-50-63(6)10-3/h62-67,72H,8-61H2,1-7H3,(H,77,78)(H,79,80)/t62?,63?,64?,65-,66-,67-/m1/s1. The first-order chi connectivity index (χ1) is 43.3. The fraction of sp³-hybridized carbons (Fsp3) is 0.944. The Morgan fingerprint density at radius 2 is 0.533 bits per heavy atom. The summed E-state index contributed by atoms with van der Waals surface area (Å²) in [5, 5.41) is 10.6. The zero-order valence-electron chi connectivity index (χ0n) is 58.6. The number of hydrogen-bond acceptors (Lipinski definition) is 15. The van der Waals surface area contributed by atoms with Gasteiger partial charge in [-0.1, -0.05) is 305 Å². The van der Waals surface area contributed by atoms with Gasteiger partial charge in [-0.25, -0.2) is 9.13 Å². The molecule has 0 aliphatic carbocycles. The van der Waals surface area contributed by atoms with E-state index in [-0.39, 0.29) is 25.7 Å². The van der Waals surface area contributed by atoms with Crippen LogP contribution in [0.3, 0.4) is 0 Å². The summed E-state index contributed by atoms with van der Waals surface area (Å²) in [7, 11) is -9.90. The number of phosphoric ester groups is 2.